The summed E-state index contributed by atoms with van der Waals surface area (Å²) in [5.41, 5.74) is 0.113. The van der Waals surface area contributed by atoms with Crippen molar-refractivity contribution in [3.8, 4) is 0 Å². The van der Waals surface area contributed by atoms with Crippen LogP contribution in [0.4, 0.5) is 0 Å². The maximum atomic E-state index is 10.5. The van der Waals surface area contributed by atoms with E-state index in [1.807, 2.05) is 6.26 Å². The number of carboxylic acid groups (broad SMARTS) is 1. The van der Waals surface area contributed by atoms with E-state index in [-0.39, 0.29) is 5.69 Å². The molecule has 0 aliphatic rings. The van der Waals surface area contributed by atoms with E-state index in [9.17, 15) is 4.79 Å². The SMILES string of the molecule is CSCc1nc(C(=O)O)cn1C. The van der Waals surface area contributed by atoms with E-state index in [2.05, 4.69) is 4.98 Å². The Bertz CT molecular complexity index is 296. The highest BCUT2D eigenvalue weighted by Crippen LogP contribution is 2.08. The maximum absolute atomic E-state index is 10.5. The molecular formula is C7H10N2O2S. The molecule has 4 nitrogen and oxygen atoms in total. The molecule has 0 unspecified atom stereocenters. The third-order valence-corrected chi connectivity index (χ3v) is 2.01. The second-order valence-corrected chi connectivity index (χ2v) is 3.26. The number of carbonyl (C=O) groups is 1. The lowest BCUT2D eigenvalue weighted by molar-refractivity contribution is 0.0691. The van der Waals surface area contributed by atoms with Gasteiger partial charge in [0.1, 0.15) is 5.82 Å². The minimum absolute atomic E-state index is 0.113. The molecule has 0 aromatic carbocycles. The highest BCUT2D eigenvalue weighted by atomic mass is 32.2. The monoisotopic (exact) mass is 186 g/mol. The molecule has 1 N–H and O–H groups in total. The first-order chi connectivity index (χ1) is 5.65. The number of aromatic carboxylic acids is 1. The molecule has 1 aromatic heterocycles. The Labute approximate surface area is 74.6 Å². The predicted octanol–water partition coefficient (Wildman–Crippen LogP) is 0.981. The van der Waals surface area contributed by atoms with Crippen LogP contribution < -0.4 is 0 Å². The van der Waals surface area contributed by atoms with E-state index in [0.717, 1.165) is 11.6 Å². The second-order valence-electron chi connectivity index (χ2n) is 2.39. The van der Waals surface area contributed by atoms with Crippen LogP contribution in [0.2, 0.25) is 0 Å². The molecular weight excluding hydrogens is 176 g/mol. The molecule has 0 saturated heterocycles. The summed E-state index contributed by atoms with van der Waals surface area (Å²) in [6.45, 7) is 0. The molecule has 1 rings (SSSR count). The number of nitrogens with zero attached hydrogens (tertiary/aromatic N) is 2. The normalized spacial score (nSPS) is 10.2. The van der Waals surface area contributed by atoms with Gasteiger partial charge >= 0.3 is 5.97 Å². The van der Waals surface area contributed by atoms with E-state index in [1.165, 1.54) is 6.20 Å². The third-order valence-electron chi connectivity index (χ3n) is 1.47. The van der Waals surface area contributed by atoms with Gasteiger partial charge in [-0.05, 0) is 6.26 Å². The van der Waals surface area contributed by atoms with Crippen molar-refractivity contribution in [3.05, 3.63) is 17.7 Å². The summed E-state index contributed by atoms with van der Waals surface area (Å²) < 4.78 is 1.74. The highest BCUT2D eigenvalue weighted by molar-refractivity contribution is 7.97. The first-order valence-corrected chi connectivity index (χ1v) is 4.79. The Morgan fingerprint density at radius 2 is 2.50 bits per heavy atom. The van der Waals surface area contributed by atoms with Crippen LogP contribution in [0.25, 0.3) is 0 Å². The van der Waals surface area contributed by atoms with E-state index >= 15 is 0 Å². The molecule has 5 heteroatoms. The number of hydrogen-bond acceptors (Lipinski definition) is 3. The molecule has 66 valence electrons. The zero-order valence-electron chi connectivity index (χ0n) is 6.94. The lowest BCUT2D eigenvalue weighted by Crippen LogP contribution is -1.96. The Hall–Kier alpha value is -0.970. The van der Waals surface area contributed by atoms with Gasteiger partial charge in [-0.1, -0.05) is 0 Å². The summed E-state index contributed by atoms with van der Waals surface area (Å²) in [6, 6.07) is 0. The van der Waals surface area contributed by atoms with Crippen molar-refractivity contribution < 1.29 is 9.90 Å². The molecule has 0 fully saturated rings. The van der Waals surface area contributed by atoms with E-state index in [1.54, 1.807) is 23.4 Å². The number of imidazole rings is 1. The average Bonchev–Trinajstić information content (AvgIpc) is 2.34. The quantitative estimate of drug-likeness (QED) is 0.764. The first-order valence-electron chi connectivity index (χ1n) is 3.39. The minimum atomic E-state index is -0.974. The van der Waals surface area contributed by atoms with Crippen LogP contribution in [0.15, 0.2) is 6.20 Å². The lowest BCUT2D eigenvalue weighted by atomic mass is 10.5. The Kier molecular flexibility index (Phi) is 2.75. The van der Waals surface area contributed by atoms with Gasteiger partial charge in [0, 0.05) is 13.2 Å². The highest BCUT2D eigenvalue weighted by Gasteiger charge is 2.09. The fourth-order valence-electron chi connectivity index (χ4n) is 0.871. The van der Waals surface area contributed by atoms with E-state index < -0.39 is 5.97 Å². The summed E-state index contributed by atoms with van der Waals surface area (Å²) in [7, 11) is 1.80. The standard InChI is InChI=1S/C7H10N2O2S/c1-9-3-5(7(10)11)8-6(9)4-12-2/h3H,4H2,1-2H3,(H,10,11). The average molecular weight is 186 g/mol. The van der Waals surface area contributed by atoms with Crippen molar-refractivity contribution in [2.75, 3.05) is 6.26 Å². The summed E-state index contributed by atoms with van der Waals surface area (Å²) in [5, 5.41) is 8.61. The van der Waals surface area contributed by atoms with Crippen LogP contribution >= 0.6 is 11.8 Å². The van der Waals surface area contributed by atoms with Gasteiger partial charge in [-0.25, -0.2) is 9.78 Å². The van der Waals surface area contributed by atoms with E-state index in [0.29, 0.717) is 0 Å². The number of aryl methyl sites for hydroxylation is 1. The Balaban J connectivity index is 2.92. The third kappa shape index (κ3) is 1.79. The van der Waals surface area contributed by atoms with Crippen molar-refractivity contribution in [3.63, 3.8) is 0 Å². The Morgan fingerprint density at radius 3 is 2.92 bits per heavy atom. The van der Waals surface area contributed by atoms with Crippen LogP contribution in [0.5, 0.6) is 0 Å². The van der Waals surface area contributed by atoms with Gasteiger partial charge in [0.15, 0.2) is 5.69 Å². The van der Waals surface area contributed by atoms with Crippen LogP contribution in [-0.2, 0) is 12.8 Å². The molecule has 12 heavy (non-hydrogen) atoms. The molecule has 0 saturated carbocycles. The predicted molar refractivity (Wildman–Crippen MR) is 47.4 cm³/mol. The smallest absolute Gasteiger partial charge is 0.356 e. The summed E-state index contributed by atoms with van der Waals surface area (Å²) >= 11 is 1.62. The van der Waals surface area contributed by atoms with Gasteiger partial charge < -0.3 is 9.67 Å². The summed E-state index contributed by atoms with van der Waals surface area (Å²) in [5.74, 6) is 0.557. The van der Waals surface area contributed by atoms with Crippen molar-refractivity contribution >= 4 is 17.7 Å². The van der Waals surface area contributed by atoms with E-state index in [4.69, 9.17) is 5.11 Å². The Morgan fingerprint density at radius 1 is 1.83 bits per heavy atom. The number of thioether (sulfide) groups is 1. The molecule has 0 aliphatic heterocycles. The molecule has 1 aromatic rings. The van der Waals surface area contributed by atoms with Crippen LogP contribution in [-0.4, -0.2) is 26.9 Å². The van der Waals surface area contributed by atoms with Crippen molar-refractivity contribution in [2.24, 2.45) is 7.05 Å². The van der Waals surface area contributed by atoms with Gasteiger partial charge in [0.2, 0.25) is 0 Å². The number of rotatable bonds is 3. The van der Waals surface area contributed by atoms with Crippen LogP contribution in [0.1, 0.15) is 16.3 Å². The molecule has 1 heterocycles. The zero-order valence-corrected chi connectivity index (χ0v) is 7.76. The zero-order chi connectivity index (χ0) is 9.14. The van der Waals surface area contributed by atoms with Crippen molar-refractivity contribution in [2.45, 2.75) is 5.75 Å². The molecule has 0 bridgehead atoms. The maximum Gasteiger partial charge on any atom is 0.356 e. The van der Waals surface area contributed by atoms with Crippen molar-refractivity contribution in [1.29, 1.82) is 0 Å². The summed E-state index contributed by atoms with van der Waals surface area (Å²) in [4.78, 5) is 14.4. The summed E-state index contributed by atoms with van der Waals surface area (Å²) in [6.07, 6.45) is 3.48. The van der Waals surface area contributed by atoms with Crippen molar-refractivity contribution in [1.82, 2.24) is 9.55 Å². The fourth-order valence-corrected chi connectivity index (χ4v) is 1.40. The second kappa shape index (κ2) is 3.62. The van der Waals surface area contributed by atoms with Gasteiger partial charge in [0.25, 0.3) is 0 Å². The van der Waals surface area contributed by atoms with Crippen LogP contribution in [0, 0.1) is 0 Å². The van der Waals surface area contributed by atoms with Gasteiger partial charge in [-0.3, -0.25) is 0 Å². The number of hydrogen-bond donors (Lipinski definition) is 1. The largest absolute Gasteiger partial charge is 0.476 e. The fraction of sp³-hybridized carbons (Fsp3) is 0.429. The van der Waals surface area contributed by atoms with Gasteiger partial charge in [0.05, 0.1) is 5.75 Å². The topological polar surface area (TPSA) is 55.1 Å². The first kappa shape index (κ1) is 9.12. The number of carboxylic acids is 1. The molecule has 0 aliphatic carbocycles. The molecule has 0 spiro atoms. The molecule has 0 radical (unpaired) electrons. The van der Waals surface area contributed by atoms with Crippen LogP contribution in [0.3, 0.4) is 0 Å². The molecule has 0 amide bonds. The van der Waals surface area contributed by atoms with Gasteiger partial charge in [-0.2, -0.15) is 11.8 Å². The van der Waals surface area contributed by atoms with Gasteiger partial charge in [-0.15, -0.1) is 0 Å². The lowest BCUT2D eigenvalue weighted by Gasteiger charge is -1.95. The number of aromatic nitrogens is 2. The molecule has 0 atom stereocenters. The minimum Gasteiger partial charge on any atom is -0.476 e.